The normalized spacial score (nSPS) is 12.4. The summed E-state index contributed by atoms with van der Waals surface area (Å²) in [7, 11) is 0. The molecule has 0 saturated heterocycles. The van der Waals surface area contributed by atoms with Crippen LogP contribution in [0.4, 0.5) is 0 Å². The first-order chi connectivity index (χ1) is 8.11. The third-order valence-electron chi connectivity index (χ3n) is 2.35. The van der Waals surface area contributed by atoms with E-state index < -0.39 is 0 Å². The fraction of sp³-hybridized carbons (Fsp3) is 0.500. The molecule has 0 fully saturated rings. The number of hydrogen-bond donors (Lipinski definition) is 1. The van der Waals surface area contributed by atoms with Gasteiger partial charge in [0.15, 0.2) is 0 Å². The molecule has 0 saturated carbocycles. The van der Waals surface area contributed by atoms with Gasteiger partial charge in [-0.25, -0.2) is 0 Å². The van der Waals surface area contributed by atoms with Gasteiger partial charge in [-0.15, -0.1) is 11.8 Å². The minimum atomic E-state index is -0.0641. The van der Waals surface area contributed by atoms with Gasteiger partial charge >= 0.3 is 0 Å². The van der Waals surface area contributed by atoms with Crippen LogP contribution in [0.3, 0.4) is 0 Å². The van der Waals surface area contributed by atoms with Crippen LogP contribution in [0, 0.1) is 11.3 Å². The van der Waals surface area contributed by atoms with E-state index in [-0.39, 0.29) is 6.04 Å². The number of benzene rings is 1. The average molecular weight is 248 g/mol. The second-order valence-electron chi connectivity index (χ2n) is 4.37. The Morgan fingerprint density at radius 1 is 1.24 bits per heavy atom. The van der Waals surface area contributed by atoms with E-state index in [0.29, 0.717) is 5.25 Å². The molecule has 2 nitrogen and oxygen atoms in total. The summed E-state index contributed by atoms with van der Waals surface area (Å²) < 4.78 is 0. The van der Waals surface area contributed by atoms with Crippen molar-refractivity contribution in [2.45, 2.75) is 43.4 Å². The van der Waals surface area contributed by atoms with Crippen molar-refractivity contribution >= 4 is 11.8 Å². The zero-order valence-electron chi connectivity index (χ0n) is 10.7. The van der Waals surface area contributed by atoms with E-state index in [1.165, 1.54) is 10.5 Å². The summed E-state index contributed by atoms with van der Waals surface area (Å²) in [6, 6.07) is 10.8. The van der Waals surface area contributed by atoms with Crippen molar-refractivity contribution in [1.82, 2.24) is 5.32 Å². The van der Waals surface area contributed by atoms with E-state index in [1.807, 2.05) is 18.7 Å². The zero-order valence-corrected chi connectivity index (χ0v) is 11.6. The molecular weight excluding hydrogens is 228 g/mol. The molecule has 0 radical (unpaired) electrons. The largest absolute Gasteiger partial charge is 0.302 e. The molecular formula is C14H20N2S. The Morgan fingerprint density at radius 2 is 1.88 bits per heavy atom. The fourth-order valence-electron chi connectivity index (χ4n) is 1.49. The summed E-state index contributed by atoms with van der Waals surface area (Å²) >= 11 is 1.88. The molecule has 0 aliphatic heterocycles. The topological polar surface area (TPSA) is 35.8 Å². The van der Waals surface area contributed by atoms with Crippen LogP contribution in [-0.2, 0) is 6.42 Å². The first-order valence-electron chi connectivity index (χ1n) is 6.00. The Bertz CT molecular complexity index is 365. The van der Waals surface area contributed by atoms with Crippen LogP contribution in [0.15, 0.2) is 29.2 Å². The first kappa shape index (κ1) is 14.1. The third-order valence-corrected chi connectivity index (χ3v) is 3.37. The molecule has 0 bridgehead atoms. The van der Waals surface area contributed by atoms with Gasteiger partial charge in [0.2, 0.25) is 0 Å². The van der Waals surface area contributed by atoms with Gasteiger partial charge < -0.3 is 5.32 Å². The molecule has 1 unspecified atom stereocenters. The highest BCUT2D eigenvalue weighted by Crippen LogP contribution is 2.22. The summed E-state index contributed by atoms with van der Waals surface area (Å²) in [6.07, 6.45) is 0.971. The van der Waals surface area contributed by atoms with Crippen LogP contribution >= 0.6 is 11.8 Å². The lowest BCUT2D eigenvalue weighted by Gasteiger charge is -2.08. The molecule has 3 heteroatoms. The minimum absolute atomic E-state index is 0.0641. The molecule has 1 aromatic rings. The molecule has 0 aliphatic rings. The standard InChI is InChI=1S/C14H20N2S/c1-11(2)17-14-6-4-13(5-7-14)8-9-16-12(3)10-15/h4-7,11-12,16H,8-9H2,1-3H3. The molecule has 0 heterocycles. The Labute approximate surface area is 108 Å². The van der Waals surface area contributed by atoms with Gasteiger partial charge in [0.05, 0.1) is 12.1 Å². The smallest absolute Gasteiger partial charge is 0.0924 e. The van der Waals surface area contributed by atoms with Crippen LogP contribution in [0.1, 0.15) is 26.3 Å². The maximum absolute atomic E-state index is 8.64. The second kappa shape index (κ2) is 7.37. The molecule has 0 spiro atoms. The predicted octanol–water partition coefficient (Wildman–Crippen LogP) is 3.23. The maximum Gasteiger partial charge on any atom is 0.0924 e. The van der Waals surface area contributed by atoms with Crippen LogP contribution in [0.2, 0.25) is 0 Å². The monoisotopic (exact) mass is 248 g/mol. The maximum atomic E-state index is 8.64. The van der Waals surface area contributed by atoms with Crippen molar-refractivity contribution in [1.29, 1.82) is 5.26 Å². The number of nitriles is 1. The number of hydrogen-bond acceptors (Lipinski definition) is 3. The van der Waals surface area contributed by atoms with E-state index in [1.54, 1.807) is 0 Å². The second-order valence-corrected chi connectivity index (χ2v) is 6.02. The lowest BCUT2D eigenvalue weighted by molar-refractivity contribution is 0.640. The Morgan fingerprint density at radius 3 is 2.41 bits per heavy atom. The van der Waals surface area contributed by atoms with Crippen molar-refractivity contribution < 1.29 is 0 Å². The number of rotatable bonds is 6. The summed E-state index contributed by atoms with van der Waals surface area (Å²) in [4.78, 5) is 1.32. The highest BCUT2D eigenvalue weighted by Gasteiger charge is 2.00. The molecule has 92 valence electrons. The van der Waals surface area contributed by atoms with Crippen LogP contribution in [0.5, 0.6) is 0 Å². The average Bonchev–Trinajstić information content (AvgIpc) is 2.30. The summed E-state index contributed by atoms with van der Waals surface area (Å²) in [6.45, 7) is 7.13. The zero-order chi connectivity index (χ0) is 12.7. The van der Waals surface area contributed by atoms with Crippen LogP contribution < -0.4 is 5.32 Å². The summed E-state index contributed by atoms with van der Waals surface area (Å²) in [5, 5.41) is 12.4. The first-order valence-corrected chi connectivity index (χ1v) is 6.88. The molecule has 17 heavy (non-hydrogen) atoms. The SMILES string of the molecule is CC(C#N)NCCc1ccc(SC(C)C)cc1. The van der Waals surface area contributed by atoms with Crippen molar-refractivity contribution in [2.24, 2.45) is 0 Å². The van der Waals surface area contributed by atoms with Crippen LogP contribution in [-0.4, -0.2) is 17.8 Å². The van der Waals surface area contributed by atoms with Gasteiger partial charge in [0.1, 0.15) is 0 Å². The molecule has 1 rings (SSSR count). The summed E-state index contributed by atoms with van der Waals surface area (Å²) in [5.74, 6) is 0. The highest BCUT2D eigenvalue weighted by atomic mass is 32.2. The van der Waals surface area contributed by atoms with E-state index in [0.717, 1.165) is 13.0 Å². The molecule has 0 amide bonds. The summed E-state index contributed by atoms with van der Waals surface area (Å²) in [5.41, 5.74) is 1.32. The van der Waals surface area contributed by atoms with Crippen molar-refractivity contribution in [3.05, 3.63) is 29.8 Å². The van der Waals surface area contributed by atoms with Gasteiger partial charge in [0.25, 0.3) is 0 Å². The van der Waals surface area contributed by atoms with E-state index >= 15 is 0 Å². The van der Waals surface area contributed by atoms with Gasteiger partial charge in [-0.3, -0.25) is 0 Å². The lowest BCUT2D eigenvalue weighted by Crippen LogP contribution is -2.26. The Kier molecular flexibility index (Phi) is 6.10. The number of nitrogens with zero attached hydrogens (tertiary/aromatic N) is 1. The van der Waals surface area contributed by atoms with Crippen LogP contribution in [0.25, 0.3) is 0 Å². The van der Waals surface area contributed by atoms with Crippen molar-refractivity contribution in [2.75, 3.05) is 6.54 Å². The Balaban J connectivity index is 2.38. The highest BCUT2D eigenvalue weighted by molar-refractivity contribution is 7.99. The molecule has 0 aromatic heterocycles. The van der Waals surface area contributed by atoms with Gasteiger partial charge in [-0.1, -0.05) is 26.0 Å². The number of nitrogens with one attached hydrogen (secondary N) is 1. The van der Waals surface area contributed by atoms with E-state index in [2.05, 4.69) is 49.5 Å². The molecule has 1 atom stereocenters. The molecule has 1 aromatic carbocycles. The minimum Gasteiger partial charge on any atom is -0.302 e. The van der Waals surface area contributed by atoms with E-state index in [9.17, 15) is 0 Å². The van der Waals surface area contributed by atoms with Crippen molar-refractivity contribution in [3.63, 3.8) is 0 Å². The van der Waals surface area contributed by atoms with Gasteiger partial charge in [-0.05, 0) is 31.0 Å². The number of thioether (sulfide) groups is 1. The quantitative estimate of drug-likeness (QED) is 0.785. The van der Waals surface area contributed by atoms with Crippen molar-refractivity contribution in [3.8, 4) is 6.07 Å². The third kappa shape index (κ3) is 5.76. The van der Waals surface area contributed by atoms with Gasteiger partial charge in [0, 0.05) is 16.7 Å². The molecule has 1 N–H and O–H groups in total. The molecule has 0 aliphatic carbocycles. The Hall–Kier alpha value is -0.980. The lowest BCUT2D eigenvalue weighted by atomic mass is 10.1. The fourth-order valence-corrected chi connectivity index (χ4v) is 2.32. The van der Waals surface area contributed by atoms with E-state index in [4.69, 9.17) is 5.26 Å². The predicted molar refractivity (Wildman–Crippen MR) is 74.2 cm³/mol. The van der Waals surface area contributed by atoms with Gasteiger partial charge in [-0.2, -0.15) is 5.26 Å².